The van der Waals surface area contributed by atoms with Crippen molar-refractivity contribution in [3.05, 3.63) is 34.2 Å². The Kier molecular flexibility index (Phi) is 3.38. The first kappa shape index (κ1) is 13.4. The minimum atomic E-state index is -0.279. The standard InChI is InChI=1S/C15H20N2O3/c1-10-4-5-16(14(19)6-10)9-15(20)17-11-2-3-12(17)8-13(18)7-11/h4-6,11-13,18H,2-3,7-9H2,1H3. The number of aliphatic hydroxyl groups is 1. The second-order valence-electron chi connectivity index (χ2n) is 5.98. The van der Waals surface area contributed by atoms with E-state index in [1.54, 1.807) is 12.3 Å². The lowest BCUT2D eigenvalue weighted by molar-refractivity contribution is -0.138. The molecule has 2 aliphatic heterocycles. The second kappa shape index (κ2) is 5.05. The fourth-order valence-electron chi connectivity index (χ4n) is 3.52. The number of amides is 1. The predicted molar refractivity (Wildman–Crippen MR) is 74.3 cm³/mol. The van der Waals surface area contributed by atoms with Crippen molar-refractivity contribution in [2.24, 2.45) is 0 Å². The van der Waals surface area contributed by atoms with E-state index in [1.807, 2.05) is 17.9 Å². The molecule has 3 rings (SSSR count). The van der Waals surface area contributed by atoms with Gasteiger partial charge in [-0.2, -0.15) is 0 Å². The number of carbonyl (C=O) groups excluding carboxylic acids is 1. The summed E-state index contributed by atoms with van der Waals surface area (Å²) < 4.78 is 1.46. The van der Waals surface area contributed by atoms with Crippen LogP contribution in [0.3, 0.4) is 0 Å². The van der Waals surface area contributed by atoms with Gasteiger partial charge in [-0.15, -0.1) is 0 Å². The molecule has 0 spiro atoms. The summed E-state index contributed by atoms with van der Waals surface area (Å²) in [6.45, 7) is 1.96. The van der Waals surface area contributed by atoms with Crippen molar-refractivity contribution in [2.45, 2.75) is 57.3 Å². The van der Waals surface area contributed by atoms with Gasteiger partial charge >= 0.3 is 0 Å². The monoisotopic (exact) mass is 276 g/mol. The number of hydrogen-bond donors (Lipinski definition) is 1. The van der Waals surface area contributed by atoms with Crippen LogP contribution in [0.5, 0.6) is 0 Å². The van der Waals surface area contributed by atoms with Crippen molar-refractivity contribution >= 4 is 5.91 Å². The van der Waals surface area contributed by atoms with Crippen molar-refractivity contribution in [3.63, 3.8) is 0 Å². The smallest absolute Gasteiger partial charge is 0.251 e. The Morgan fingerprint density at radius 2 is 2.00 bits per heavy atom. The maximum Gasteiger partial charge on any atom is 0.251 e. The van der Waals surface area contributed by atoms with Crippen LogP contribution in [0.2, 0.25) is 0 Å². The largest absolute Gasteiger partial charge is 0.393 e. The quantitative estimate of drug-likeness (QED) is 0.863. The second-order valence-corrected chi connectivity index (χ2v) is 5.98. The fraction of sp³-hybridized carbons (Fsp3) is 0.600. The molecule has 1 aromatic rings. The number of rotatable bonds is 2. The van der Waals surface area contributed by atoms with Crippen molar-refractivity contribution in [1.82, 2.24) is 9.47 Å². The first-order chi connectivity index (χ1) is 9.54. The van der Waals surface area contributed by atoms with E-state index in [4.69, 9.17) is 0 Å². The van der Waals surface area contributed by atoms with Crippen molar-refractivity contribution in [2.75, 3.05) is 0 Å². The average molecular weight is 276 g/mol. The maximum absolute atomic E-state index is 12.5. The fourth-order valence-corrected chi connectivity index (χ4v) is 3.52. The van der Waals surface area contributed by atoms with Gasteiger partial charge in [0, 0.05) is 24.3 Å². The molecule has 5 heteroatoms. The lowest BCUT2D eigenvalue weighted by Gasteiger charge is -2.37. The number of fused-ring (bicyclic) bond motifs is 2. The predicted octanol–water partition coefficient (Wildman–Crippen LogP) is 0.671. The third-order valence-electron chi connectivity index (χ3n) is 4.45. The Morgan fingerprint density at radius 3 is 2.60 bits per heavy atom. The van der Waals surface area contributed by atoms with Crippen LogP contribution in [0.25, 0.3) is 0 Å². The first-order valence-electron chi connectivity index (χ1n) is 7.21. The maximum atomic E-state index is 12.5. The van der Waals surface area contributed by atoms with Crippen LogP contribution in [-0.4, -0.2) is 38.7 Å². The van der Waals surface area contributed by atoms with Gasteiger partial charge in [0.05, 0.1) is 6.10 Å². The average Bonchev–Trinajstić information content (AvgIpc) is 2.65. The van der Waals surface area contributed by atoms with E-state index in [-0.39, 0.29) is 36.2 Å². The number of carbonyl (C=O) groups is 1. The molecule has 0 saturated carbocycles. The number of piperidine rings is 1. The molecular weight excluding hydrogens is 256 g/mol. The van der Waals surface area contributed by atoms with Gasteiger partial charge in [-0.3, -0.25) is 9.59 Å². The van der Waals surface area contributed by atoms with Gasteiger partial charge in [-0.1, -0.05) is 0 Å². The van der Waals surface area contributed by atoms with Crippen LogP contribution in [0.15, 0.2) is 23.1 Å². The number of hydrogen-bond acceptors (Lipinski definition) is 3. The molecule has 0 aliphatic carbocycles. The van der Waals surface area contributed by atoms with Crippen molar-refractivity contribution in [1.29, 1.82) is 0 Å². The molecule has 1 N–H and O–H groups in total. The molecule has 20 heavy (non-hydrogen) atoms. The Balaban J connectivity index is 1.75. The molecule has 0 radical (unpaired) electrons. The molecule has 2 fully saturated rings. The molecule has 1 amide bonds. The van der Waals surface area contributed by atoms with E-state index in [0.717, 1.165) is 18.4 Å². The molecule has 5 nitrogen and oxygen atoms in total. The SMILES string of the molecule is Cc1ccn(CC(=O)N2C3CCC2CC(O)C3)c(=O)c1. The summed E-state index contributed by atoms with van der Waals surface area (Å²) in [6.07, 6.45) is 4.68. The van der Waals surface area contributed by atoms with Crippen molar-refractivity contribution in [3.8, 4) is 0 Å². The molecule has 2 atom stereocenters. The summed E-state index contributed by atoms with van der Waals surface area (Å²) in [5, 5.41) is 9.76. The van der Waals surface area contributed by atoms with E-state index in [0.29, 0.717) is 12.8 Å². The van der Waals surface area contributed by atoms with Gasteiger partial charge in [0.1, 0.15) is 6.54 Å². The Hall–Kier alpha value is -1.62. The van der Waals surface area contributed by atoms with E-state index in [1.165, 1.54) is 4.57 Å². The Morgan fingerprint density at radius 1 is 1.35 bits per heavy atom. The normalized spacial score (nSPS) is 28.7. The lowest BCUT2D eigenvalue weighted by atomic mass is 10.00. The summed E-state index contributed by atoms with van der Waals surface area (Å²) in [5.74, 6) is -0.00430. The number of nitrogens with zero attached hydrogens (tertiary/aromatic N) is 2. The zero-order valence-electron chi connectivity index (χ0n) is 11.7. The highest BCUT2D eigenvalue weighted by Gasteiger charge is 2.42. The molecule has 3 heterocycles. The highest BCUT2D eigenvalue weighted by atomic mass is 16.3. The summed E-state index contributed by atoms with van der Waals surface area (Å²) >= 11 is 0. The number of aromatic nitrogens is 1. The lowest BCUT2D eigenvalue weighted by Crippen LogP contribution is -2.49. The highest BCUT2D eigenvalue weighted by Crippen LogP contribution is 2.35. The number of aliphatic hydroxyl groups excluding tert-OH is 1. The minimum Gasteiger partial charge on any atom is -0.393 e. The molecule has 2 saturated heterocycles. The number of aryl methyl sites for hydroxylation is 1. The summed E-state index contributed by atoms with van der Waals surface area (Å²) in [6, 6.07) is 3.68. The third kappa shape index (κ3) is 2.38. The van der Waals surface area contributed by atoms with Crippen molar-refractivity contribution < 1.29 is 9.90 Å². The zero-order chi connectivity index (χ0) is 14.3. The van der Waals surface area contributed by atoms with Gasteiger partial charge in [0.25, 0.3) is 5.56 Å². The Labute approximate surface area is 117 Å². The van der Waals surface area contributed by atoms with E-state index >= 15 is 0 Å². The van der Waals surface area contributed by atoms with Gasteiger partial charge in [0.15, 0.2) is 0 Å². The van der Waals surface area contributed by atoms with Gasteiger partial charge < -0.3 is 14.6 Å². The van der Waals surface area contributed by atoms with Gasteiger partial charge in [-0.05, 0) is 44.2 Å². The van der Waals surface area contributed by atoms with Gasteiger partial charge in [-0.25, -0.2) is 0 Å². The van der Waals surface area contributed by atoms with E-state index < -0.39 is 0 Å². The minimum absolute atomic E-state index is 0.00430. The van der Waals surface area contributed by atoms with Crippen LogP contribution < -0.4 is 5.56 Å². The molecule has 2 aliphatic rings. The molecular formula is C15H20N2O3. The third-order valence-corrected chi connectivity index (χ3v) is 4.45. The van der Waals surface area contributed by atoms with Crippen LogP contribution in [0.4, 0.5) is 0 Å². The van der Waals surface area contributed by atoms with Crippen LogP contribution in [0, 0.1) is 6.92 Å². The summed E-state index contributed by atoms with van der Waals surface area (Å²) in [7, 11) is 0. The van der Waals surface area contributed by atoms with Gasteiger partial charge in [0.2, 0.25) is 5.91 Å². The van der Waals surface area contributed by atoms with E-state index in [9.17, 15) is 14.7 Å². The molecule has 0 aromatic carbocycles. The topological polar surface area (TPSA) is 62.5 Å². The molecule has 1 aromatic heterocycles. The summed E-state index contributed by atoms with van der Waals surface area (Å²) in [4.78, 5) is 26.2. The Bertz CT molecular complexity index is 567. The van der Waals surface area contributed by atoms with E-state index in [2.05, 4.69) is 0 Å². The number of pyridine rings is 1. The first-order valence-corrected chi connectivity index (χ1v) is 7.21. The molecule has 2 unspecified atom stereocenters. The zero-order valence-corrected chi connectivity index (χ0v) is 11.7. The molecule has 108 valence electrons. The van der Waals surface area contributed by atoms with Crippen LogP contribution in [0.1, 0.15) is 31.2 Å². The van der Waals surface area contributed by atoms with Crippen LogP contribution >= 0.6 is 0 Å². The molecule has 2 bridgehead atoms. The van der Waals surface area contributed by atoms with Crippen LogP contribution in [-0.2, 0) is 11.3 Å². The summed E-state index contributed by atoms with van der Waals surface area (Å²) in [5.41, 5.74) is 0.766. The highest BCUT2D eigenvalue weighted by molar-refractivity contribution is 5.77.